The molecule has 0 fully saturated rings. The molecule has 0 spiro atoms. The molecule has 0 aliphatic rings. The van der Waals surface area contributed by atoms with Gasteiger partial charge in [-0.25, -0.2) is 0 Å². The van der Waals surface area contributed by atoms with Crippen LogP contribution in [0.2, 0.25) is 0 Å². The van der Waals surface area contributed by atoms with Crippen molar-refractivity contribution >= 4 is 28.1 Å². The fraction of sp³-hybridized carbons (Fsp3) is 0.118. The molecule has 90 valence electrons. The third-order valence-corrected chi connectivity index (χ3v) is 3.31. The van der Waals surface area contributed by atoms with E-state index in [0.717, 1.165) is 10.0 Å². The maximum absolute atomic E-state index is 3.42. The Hall–Kier alpha value is -1.56. The number of hydrogen-bond donors (Lipinski definition) is 0. The zero-order chi connectivity index (χ0) is 13.0. The number of halogens is 1. The second kappa shape index (κ2) is 5.86. The van der Waals surface area contributed by atoms with E-state index in [2.05, 4.69) is 65.8 Å². The van der Waals surface area contributed by atoms with Gasteiger partial charge in [0.15, 0.2) is 0 Å². The third-order valence-electron chi connectivity index (χ3n) is 2.78. The summed E-state index contributed by atoms with van der Waals surface area (Å²) in [5, 5.41) is 0. The molecule has 0 amide bonds. The predicted molar refractivity (Wildman–Crippen MR) is 82.5 cm³/mol. The van der Waals surface area contributed by atoms with Gasteiger partial charge in [0, 0.05) is 4.47 Å². The topological polar surface area (TPSA) is 0 Å². The average Bonchev–Trinajstić information content (AvgIpc) is 2.34. The first kappa shape index (κ1) is 12.9. The number of benzene rings is 2. The van der Waals surface area contributed by atoms with Gasteiger partial charge in [-0.1, -0.05) is 51.8 Å². The lowest BCUT2D eigenvalue weighted by Gasteiger charge is -1.99. The highest BCUT2D eigenvalue weighted by molar-refractivity contribution is 9.10. The van der Waals surface area contributed by atoms with Crippen LogP contribution in [0.1, 0.15) is 22.3 Å². The molecule has 2 aromatic carbocycles. The van der Waals surface area contributed by atoms with Crippen LogP contribution in [0.3, 0.4) is 0 Å². The van der Waals surface area contributed by atoms with E-state index in [4.69, 9.17) is 0 Å². The van der Waals surface area contributed by atoms with E-state index < -0.39 is 0 Å². The van der Waals surface area contributed by atoms with E-state index in [9.17, 15) is 0 Å². The highest BCUT2D eigenvalue weighted by Crippen LogP contribution is 2.13. The molecule has 0 N–H and O–H groups in total. The zero-order valence-corrected chi connectivity index (χ0v) is 12.2. The van der Waals surface area contributed by atoms with Gasteiger partial charge in [-0.05, 0) is 54.8 Å². The molecule has 0 aliphatic carbocycles. The smallest absolute Gasteiger partial charge is 0.0175 e. The Balaban J connectivity index is 2.22. The molecule has 2 rings (SSSR count). The first-order valence-electron chi connectivity index (χ1n) is 5.90. The summed E-state index contributed by atoms with van der Waals surface area (Å²) in [6, 6.07) is 14.6. The van der Waals surface area contributed by atoms with Gasteiger partial charge in [0.25, 0.3) is 0 Å². The predicted octanol–water partition coefficient (Wildman–Crippen LogP) is 5.39. The molecular formula is C17H15Br. The molecule has 0 aliphatic heterocycles. The molecule has 0 unspecified atom stereocenters. The van der Waals surface area contributed by atoms with Crippen LogP contribution >= 0.6 is 15.9 Å². The fourth-order valence-electron chi connectivity index (χ4n) is 1.77. The van der Waals surface area contributed by atoms with Crippen LogP contribution in [0.5, 0.6) is 0 Å². The summed E-state index contributed by atoms with van der Waals surface area (Å²) in [6.45, 7) is 4.23. The first-order chi connectivity index (χ1) is 8.65. The summed E-state index contributed by atoms with van der Waals surface area (Å²) in [5.41, 5.74) is 8.18. The van der Waals surface area contributed by atoms with Gasteiger partial charge in [0.1, 0.15) is 0 Å². The summed E-state index contributed by atoms with van der Waals surface area (Å²) in [5.74, 6) is 0. The van der Waals surface area contributed by atoms with Gasteiger partial charge in [0.2, 0.25) is 0 Å². The largest absolute Gasteiger partial charge is 0.120 e. The van der Waals surface area contributed by atoms with Crippen LogP contribution in [-0.2, 0) is 0 Å². The van der Waals surface area contributed by atoms with Crippen LogP contribution in [0, 0.1) is 13.8 Å². The van der Waals surface area contributed by atoms with Gasteiger partial charge in [-0.15, -0.1) is 5.73 Å². The van der Waals surface area contributed by atoms with Gasteiger partial charge < -0.3 is 0 Å². The van der Waals surface area contributed by atoms with Gasteiger partial charge >= 0.3 is 0 Å². The molecule has 18 heavy (non-hydrogen) atoms. The van der Waals surface area contributed by atoms with E-state index in [1.165, 1.54) is 16.7 Å². The van der Waals surface area contributed by atoms with Crippen molar-refractivity contribution < 1.29 is 0 Å². The maximum Gasteiger partial charge on any atom is 0.0175 e. The van der Waals surface area contributed by atoms with Crippen molar-refractivity contribution in [1.29, 1.82) is 0 Å². The Morgan fingerprint density at radius 1 is 0.944 bits per heavy atom. The molecule has 0 atom stereocenters. The number of rotatable bonds is 2. The van der Waals surface area contributed by atoms with Crippen molar-refractivity contribution in [3.63, 3.8) is 0 Å². The summed E-state index contributed by atoms with van der Waals surface area (Å²) in [4.78, 5) is 0. The lowest BCUT2D eigenvalue weighted by atomic mass is 10.1. The molecule has 0 bridgehead atoms. The van der Waals surface area contributed by atoms with E-state index in [1.807, 2.05) is 24.3 Å². The van der Waals surface area contributed by atoms with Crippen LogP contribution in [-0.4, -0.2) is 0 Å². The Kier molecular flexibility index (Phi) is 4.19. The summed E-state index contributed by atoms with van der Waals surface area (Å²) in [7, 11) is 0. The molecule has 0 saturated heterocycles. The van der Waals surface area contributed by atoms with Gasteiger partial charge in [0.05, 0.1) is 0 Å². The SMILES string of the molecule is Cc1ccc(C=C=Cc2ccc(Br)cc2)c(C)c1. The van der Waals surface area contributed by atoms with E-state index >= 15 is 0 Å². The highest BCUT2D eigenvalue weighted by Gasteiger charge is 1.93. The minimum atomic E-state index is 1.10. The second-order valence-corrected chi connectivity index (χ2v) is 5.28. The molecule has 2 aromatic rings. The molecule has 0 saturated carbocycles. The van der Waals surface area contributed by atoms with Crippen LogP contribution < -0.4 is 0 Å². The lowest BCUT2D eigenvalue weighted by Crippen LogP contribution is -1.80. The monoisotopic (exact) mass is 298 g/mol. The van der Waals surface area contributed by atoms with Crippen LogP contribution in [0.15, 0.2) is 52.7 Å². The second-order valence-electron chi connectivity index (χ2n) is 4.37. The number of hydrogen-bond acceptors (Lipinski definition) is 0. The van der Waals surface area contributed by atoms with E-state index in [0.29, 0.717) is 0 Å². The van der Waals surface area contributed by atoms with Crippen molar-refractivity contribution in [3.05, 3.63) is 74.9 Å². The van der Waals surface area contributed by atoms with Crippen LogP contribution in [0.25, 0.3) is 12.2 Å². The summed E-state index contributed by atoms with van der Waals surface area (Å²) >= 11 is 3.42. The Bertz CT molecular complexity index is 600. The van der Waals surface area contributed by atoms with Crippen molar-refractivity contribution in [2.24, 2.45) is 0 Å². The normalized spacial score (nSPS) is 9.72. The Morgan fingerprint density at radius 2 is 1.67 bits per heavy atom. The molecular weight excluding hydrogens is 284 g/mol. The lowest BCUT2D eigenvalue weighted by molar-refractivity contribution is 1.37. The zero-order valence-electron chi connectivity index (χ0n) is 10.6. The summed E-state index contributed by atoms with van der Waals surface area (Å²) in [6.07, 6.45) is 4.02. The maximum atomic E-state index is 3.42. The number of aryl methyl sites for hydroxylation is 2. The molecule has 0 nitrogen and oxygen atoms in total. The molecule has 1 heteroatoms. The fourth-order valence-corrected chi connectivity index (χ4v) is 2.04. The minimum Gasteiger partial charge on any atom is -0.120 e. The highest BCUT2D eigenvalue weighted by atomic mass is 79.9. The van der Waals surface area contributed by atoms with Crippen molar-refractivity contribution in [1.82, 2.24) is 0 Å². The third kappa shape index (κ3) is 3.46. The molecule has 0 heterocycles. The molecule has 0 aromatic heterocycles. The van der Waals surface area contributed by atoms with Crippen molar-refractivity contribution in [3.8, 4) is 0 Å². The van der Waals surface area contributed by atoms with E-state index in [1.54, 1.807) is 0 Å². The first-order valence-corrected chi connectivity index (χ1v) is 6.70. The van der Waals surface area contributed by atoms with Crippen LogP contribution in [0.4, 0.5) is 0 Å². The average molecular weight is 299 g/mol. The molecule has 0 radical (unpaired) electrons. The van der Waals surface area contributed by atoms with Crippen molar-refractivity contribution in [2.75, 3.05) is 0 Å². The Morgan fingerprint density at radius 3 is 2.33 bits per heavy atom. The van der Waals surface area contributed by atoms with Gasteiger partial charge in [-0.3, -0.25) is 0 Å². The van der Waals surface area contributed by atoms with E-state index in [-0.39, 0.29) is 0 Å². The minimum absolute atomic E-state index is 1.10. The summed E-state index contributed by atoms with van der Waals surface area (Å²) < 4.78 is 1.10. The van der Waals surface area contributed by atoms with Crippen molar-refractivity contribution in [2.45, 2.75) is 13.8 Å². The standard InChI is InChI=1S/C17H15Br/c1-13-6-9-16(14(2)12-13)5-3-4-15-7-10-17(18)11-8-15/h4-12H,1-2H3. The quantitative estimate of drug-likeness (QED) is 0.652. The Labute approximate surface area is 117 Å². The van der Waals surface area contributed by atoms with Gasteiger partial charge in [-0.2, -0.15) is 0 Å².